The number of hydrogen-bond acceptors (Lipinski definition) is 5. The van der Waals surface area contributed by atoms with E-state index in [0.717, 1.165) is 90.6 Å². The van der Waals surface area contributed by atoms with Crippen LogP contribution >= 0.6 is 0 Å². The second kappa shape index (κ2) is 19.1. The summed E-state index contributed by atoms with van der Waals surface area (Å²) in [5, 5.41) is 3.52. The van der Waals surface area contributed by atoms with Crippen molar-refractivity contribution in [3.8, 4) is 39.5 Å². The van der Waals surface area contributed by atoms with Crippen LogP contribution in [0.15, 0.2) is 114 Å². The summed E-state index contributed by atoms with van der Waals surface area (Å²) in [5.74, 6) is 2.14. The van der Waals surface area contributed by atoms with Gasteiger partial charge in [0.1, 0.15) is 0 Å². The average molecular weight is 1050 g/mol. The van der Waals surface area contributed by atoms with Gasteiger partial charge >= 0.3 is 0 Å². The summed E-state index contributed by atoms with van der Waals surface area (Å²) in [6.07, 6.45) is 12.0. The van der Waals surface area contributed by atoms with Crippen LogP contribution in [0.4, 0.5) is 0 Å². The Morgan fingerprint density at radius 2 is 1.54 bits per heavy atom. The molecule has 1 fully saturated rings. The maximum absolute atomic E-state index is 6.39. The smallest absolute Gasteiger partial charge is 0.216 e. The Morgan fingerprint density at radius 1 is 0.785 bits per heavy atom. The molecule has 9 aromatic rings. The second-order valence-corrected chi connectivity index (χ2v) is 24.3. The van der Waals surface area contributed by atoms with Crippen LogP contribution in [-0.2, 0) is 26.5 Å². The molecule has 0 N–H and O–H groups in total. The number of imidazole rings is 1. The van der Waals surface area contributed by atoms with Crippen molar-refractivity contribution in [3.05, 3.63) is 155 Å². The van der Waals surface area contributed by atoms with Crippen molar-refractivity contribution in [1.29, 1.82) is 0 Å². The molecule has 0 saturated heterocycles. The van der Waals surface area contributed by atoms with Gasteiger partial charge in [-0.15, -0.1) is 53.1 Å². The molecule has 6 nitrogen and oxygen atoms in total. The van der Waals surface area contributed by atoms with Crippen molar-refractivity contribution in [2.24, 2.45) is 5.92 Å². The minimum Gasteiger partial charge on any atom is -0.486 e. The zero-order chi connectivity index (χ0) is 44.7. The number of pyridine rings is 3. The first kappa shape index (κ1) is 46.0. The van der Waals surface area contributed by atoms with Gasteiger partial charge in [0, 0.05) is 54.8 Å². The van der Waals surface area contributed by atoms with Crippen LogP contribution in [0, 0.1) is 45.7 Å². The zero-order valence-electron chi connectivity index (χ0n) is 39.3. The molecular formula is C57H59IrN5OSi-2. The maximum atomic E-state index is 6.39. The van der Waals surface area contributed by atoms with E-state index in [9.17, 15) is 0 Å². The van der Waals surface area contributed by atoms with E-state index in [0.29, 0.717) is 11.6 Å². The van der Waals surface area contributed by atoms with Gasteiger partial charge in [-0.3, -0.25) is 9.97 Å². The molecule has 0 aliphatic heterocycles. The number of furan rings is 1. The van der Waals surface area contributed by atoms with Gasteiger partial charge in [0.25, 0.3) is 0 Å². The first-order chi connectivity index (χ1) is 30.9. The molecule has 0 atom stereocenters. The molecule has 1 aliphatic rings. The molecule has 4 aromatic carbocycles. The standard InChI is InChI=1S/C32H23N4O.C25H36NSi.Ir/c1-19-18-26-24-13-9-14-25(30(24)37-32(26)34-20(19)2)31-35-29-21(3)33-17-16-28(29)36(31)27-15-8-7-12-23(27)22-10-5-4-6-11-22;1-18(2)14-22-16-24(26-17-25(22)27(4,5)6)21-13-12-19(3)23(15-21)20-10-8-7-9-11-20;/h4-13,15-18H,1-3H3;12,15-18,20H,7-11,14H2,1-6H3;/q2*-1;. The Morgan fingerprint density at radius 3 is 2.29 bits per heavy atom. The zero-order valence-corrected chi connectivity index (χ0v) is 42.7. The molecule has 65 heavy (non-hydrogen) atoms. The molecule has 8 heteroatoms. The minimum absolute atomic E-state index is 0. The number of aromatic nitrogens is 5. The van der Waals surface area contributed by atoms with E-state index in [-0.39, 0.29) is 20.1 Å². The molecule has 0 unspecified atom stereocenters. The fourth-order valence-electron chi connectivity index (χ4n) is 9.61. The third-order valence-corrected chi connectivity index (χ3v) is 15.1. The minimum atomic E-state index is -1.39. The van der Waals surface area contributed by atoms with Crippen molar-refractivity contribution >= 4 is 46.4 Å². The van der Waals surface area contributed by atoms with Gasteiger partial charge in [0.15, 0.2) is 0 Å². The molecule has 1 saturated carbocycles. The topological polar surface area (TPSA) is 69.6 Å². The van der Waals surface area contributed by atoms with E-state index in [2.05, 4.69) is 148 Å². The molecule has 333 valence electrons. The van der Waals surface area contributed by atoms with Gasteiger partial charge in [0.05, 0.1) is 36.2 Å². The monoisotopic (exact) mass is 1050 g/mol. The van der Waals surface area contributed by atoms with E-state index in [1.807, 2.05) is 44.3 Å². The number of benzene rings is 4. The van der Waals surface area contributed by atoms with Gasteiger partial charge in [-0.25, -0.2) is 4.98 Å². The number of hydrogen-bond donors (Lipinski definition) is 0. The van der Waals surface area contributed by atoms with E-state index in [4.69, 9.17) is 19.4 Å². The summed E-state index contributed by atoms with van der Waals surface area (Å²) in [6.45, 7) is 20.2. The van der Waals surface area contributed by atoms with Gasteiger partial charge in [-0.1, -0.05) is 131 Å². The Labute approximate surface area is 399 Å². The van der Waals surface area contributed by atoms with Crippen LogP contribution in [0.5, 0.6) is 0 Å². The Balaban J connectivity index is 0.000000184. The summed E-state index contributed by atoms with van der Waals surface area (Å²) in [4.78, 5) is 19.3. The number of para-hydroxylation sites is 1. The number of rotatable bonds is 8. The normalized spacial score (nSPS) is 13.3. The third-order valence-electron chi connectivity index (χ3n) is 13.0. The van der Waals surface area contributed by atoms with Crippen LogP contribution in [-0.4, -0.2) is 32.6 Å². The van der Waals surface area contributed by atoms with Gasteiger partial charge in [-0.05, 0) is 92.1 Å². The fourth-order valence-corrected chi connectivity index (χ4v) is 11.2. The van der Waals surface area contributed by atoms with Crippen molar-refractivity contribution in [1.82, 2.24) is 24.5 Å². The van der Waals surface area contributed by atoms with Crippen LogP contribution in [0.1, 0.15) is 85.5 Å². The number of nitrogens with zero attached hydrogens (tertiary/aromatic N) is 5. The van der Waals surface area contributed by atoms with Crippen LogP contribution < -0.4 is 5.19 Å². The van der Waals surface area contributed by atoms with Crippen LogP contribution in [0.3, 0.4) is 0 Å². The van der Waals surface area contributed by atoms with E-state index in [1.165, 1.54) is 59.5 Å². The summed E-state index contributed by atoms with van der Waals surface area (Å²) >= 11 is 0. The predicted molar refractivity (Wildman–Crippen MR) is 268 cm³/mol. The second-order valence-electron chi connectivity index (χ2n) is 19.3. The molecular weight excluding hydrogens is 991 g/mol. The van der Waals surface area contributed by atoms with Crippen LogP contribution in [0.2, 0.25) is 19.6 Å². The molecule has 0 spiro atoms. The molecule has 10 rings (SSSR count). The number of fused-ring (bicyclic) bond motifs is 4. The van der Waals surface area contributed by atoms with Crippen molar-refractivity contribution in [2.75, 3.05) is 0 Å². The largest absolute Gasteiger partial charge is 0.486 e. The summed E-state index contributed by atoms with van der Waals surface area (Å²) in [6, 6.07) is 40.9. The van der Waals surface area contributed by atoms with E-state index < -0.39 is 8.07 Å². The van der Waals surface area contributed by atoms with Crippen molar-refractivity contribution in [2.45, 2.75) is 106 Å². The summed E-state index contributed by atoms with van der Waals surface area (Å²) in [5.41, 5.74) is 16.9. The van der Waals surface area contributed by atoms with Gasteiger partial charge < -0.3 is 14.0 Å². The van der Waals surface area contributed by atoms with E-state index >= 15 is 0 Å². The SMILES string of the molecule is Cc1c[c-]c(-c2cc(CC(C)C)c([Si](C)(C)C)cn2)cc1C1CCCCC1.Cc1cc2c(nc1C)oc1c(-c3nc4c(C)nccc4n3-c3ccccc3-c3ccccc3)[c-]ccc12.[Ir]. The van der Waals surface area contributed by atoms with Crippen molar-refractivity contribution < 1.29 is 24.5 Å². The molecule has 1 aliphatic carbocycles. The Bertz CT molecular complexity index is 3140. The molecule has 5 aromatic heterocycles. The van der Waals surface area contributed by atoms with Gasteiger partial charge in [0.2, 0.25) is 5.71 Å². The van der Waals surface area contributed by atoms with Gasteiger partial charge in [-0.2, -0.15) is 0 Å². The van der Waals surface area contributed by atoms with E-state index in [1.54, 1.807) is 0 Å². The molecule has 0 bridgehead atoms. The Kier molecular flexibility index (Phi) is 13.5. The predicted octanol–water partition coefficient (Wildman–Crippen LogP) is 14.4. The molecule has 1 radical (unpaired) electrons. The Hall–Kier alpha value is -5.53. The number of aryl methyl sites for hydroxylation is 4. The quantitative estimate of drug-likeness (QED) is 0.112. The molecule has 0 amide bonds. The summed E-state index contributed by atoms with van der Waals surface area (Å²) in [7, 11) is -1.39. The molecule has 5 heterocycles. The van der Waals surface area contributed by atoms with Crippen molar-refractivity contribution in [3.63, 3.8) is 0 Å². The maximum Gasteiger partial charge on any atom is 0.216 e. The van der Waals surface area contributed by atoms with Crippen LogP contribution in [0.25, 0.3) is 72.6 Å². The first-order valence-corrected chi connectivity index (χ1v) is 26.6. The average Bonchev–Trinajstić information content (AvgIpc) is 3.86. The third kappa shape index (κ3) is 9.31. The summed E-state index contributed by atoms with van der Waals surface area (Å²) < 4.78 is 8.60. The fraction of sp³-hybridized carbons (Fsp3) is 0.298. The first-order valence-electron chi connectivity index (χ1n) is 23.1.